The Balaban J connectivity index is 1.60. The summed E-state index contributed by atoms with van der Waals surface area (Å²) in [7, 11) is 0. The van der Waals surface area contributed by atoms with Gasteiger partial charge in [-0.3, -0.25) is 0 Å². The van der Waals surface area contributed by atoms with Crippen LogP contribution in [0.1, 0.15) is 5.56 Å². The SMILES string of the molecule is ClC1=CN2CCSN=C2C(c2ccc(Oc3ccccc3)cc2)=C1. The lowest BCUT2D eigenvalue weighted by atomic mass is 10.0. The zero-order valence-electron chi connectivity index (χ0n) is 12.9. The van der Waals surface area contributed by atoms with Crippen LogP contribution in [0.2, 0.25) is 0 Å². The molecule has 2 aliphatic heterocycles. The molecule has 2 aliphatic rings. The number of amidine groups is 1. The molecule has 24 heavy (non-hydrogen) atoms. The van der Waals surface area contributed by atoms with Gasteiger partial charge < -0.3 is 9.64 Å². The maximum Gasteiger partial charge on any atom is 0.148 e. The summed E-state index contributed by atoms with van der Waals surface area (Å²) in [6.07, 6.45) is 3.91. The van der Waals surface area contributed by atoms with Crippen molar-refractivity contribution in [3.63, 3.8) is 0 Å². The Bertz CT molecular complexity index is 828. The first-order valence-corrected chi connectivity index (χ1v) is 9.01. The standard InChI is InChI=1S/C19H15ClN2OS/c20-15-12-18(19-21-24-11-10-22(19)13-15)14-6-8-17(9-7-14)23-16-4-2-1-3-5-16/h1-9,12-13H,10-11H2. The molecule has 0 aliphatic carbocycles. The molecule has 0 spiro atoms. The molecular weight excluding hydrogens is 340 g/mol. The number of rotatable bonds is 3. The van der Waals surface area contributed by atoms with Crippen LogP contribution in [0.4, 0.5) is 0 Å². The summed E-state index contributed by atoms with van der Waals surface area (Å²) in [6.45, 7) is 0.923. The first-order valence-electron chi connectivity index (χ1n) is 7.69. The van der Waals surface area contributed by atoms with Crippen LogP contribution >= 0.6 is 23.5 Å². The molecule has 0 radical (unpaired) electrons. The first-order chi connectivity index (χ1) is 11.8. The molecule has 0 saturated carbocycles. The van der Waals surface area contributed by atoms with E-state index in [0.717, 1.165) is 45.8 Å². The molecule has 0 saturated heterocycles. The molecule has 2 aromatic rings. The van der Waals surface area contributed by atoms with Gasteiger partial charge in [0.15, 0.2) is 0 Å². The zero-order valence-corrected chi connectivity index (χ0v) is 14.4. The molecule has 120 valence electrons. The van der Waals surface area contributed by atoms with Crippen molar-refractivity contribution >= 4 is 35.0 Å². The van der Waals surface area contributed by atoms with E-state index in [9.17, 15) is 0 Å². The Morgan fingerprint density at radius 3 is 2.54 bits per heavy atom. The van der Waals surface area contributed by atoms with Gasteiger partial charge in [0.1, 0.15) is 17.3 Å². The molecule has 0 bridgehead atoms. The summed E-state index contributed by atoms with van der Waals surface area (Å²) in [4.78, 5) is 2.11. The Morgan fingerprint density at radius 2 is 1.75 bits per heavy atom. The Kier molecular flexibility index (Phi) is 4.32. The Hall–Kier alpha value is -2.17. The van der Waals surface area contributed by atoms with E-state index in [4.69, 9.17) is 16.3 Å². The van der Waals surface area contributed by atoms with Crippen molar-refractivity contribution in [2.24, 2.45) is 4.40 Å². The fraction of sp³-hybridized carbons (Fsp3) is 0.105. The molecule has 0 aromatic heterocycles. The third-order valence-corrected chi connectivity index (χ3v) is 4.67. The summed E-state index contributed by atoms with van der Waals surface area (Å²) in [5.41, 5.74) is 2.12. The Morgan fingerprint density at radius 1 is 1.00 bits per heavy atom. The van der Waals surface area contributed by atoms with Gasteiger partial charge in [-0.15, -0.1) is 0 Å². The van der Waals surface area contributed by atoms with Crippen LogP contribution in [0, 0.1) is 0 Å². The third-order valence-electron chi connectivity index (χ3n) is 3.79. The van der Waals surface area contributed by atoms with E-state index in [1.807, 2.05) is 66.9 Å². The number of benzene rings is 2. The van der Waals surface area contributed by atoms with Gasteiger partial charge in [-0.05, 0) is 47.9 Å². The van der Waals surface area contributed by atoms with E-state index in [1.54, 1.807) is 11.9 Å². The van der Waals surface area contributed by atoms with Gasteiger partial charge in [-0.2, -0.15) is 4.40 Å². The monoisotopic (exact) mass is 354 g/mol. The normalized spacial score (nSPS) is 16.7. The number of hydrogen-bond donors (Lipinski definition) is 0. The molecule has 5 heteroatoms. The van der Waals surface area contributed by atoms with E-state index >= 15 is 0 Å². The van der Waals surface area contributed by atoms with Gasteiger partial charge in [-0.1, -0.05) is 41.9 Å². The van der Waals surface area contributed by atoms with Crippen molar-refractivity contribution in [3.8, 4) is 11.5 Å². The van der Waals surface area contributed by atoms with E-state index in [-0.39, 0.29) is 0 Å². The summed E-state index contributed by atoms with van der Waals surface area (Å²) in [5.74, 6) is 3.57. The summed E-state index contributed by atoms with van der Waals surface area (Å²) in [5, 5.41) is 0.723. The van der Waals surface area contributed by atoms with Crippen molar-refractivity contribution in [2.75, 3.05) is 12.3 Å². The maximum absolute atomic E-state index is 6.28. The highest BCUT2D eigenvalue weighted by Gasteiger charge is 2.23. The molecule has 2 heterocycles. The van der Waals surface area contributed by atoms with Gasteiger partial charge in [0.2, 0.25) is 0 Å². The quantitative estimate of drug-likeness (QED) is 0.697. The number of nitrogens with zero attached hydrogens (tertiary/aromatic N) is 2. The predicted octanol–water partition coefficient (Wildman–Crippen LogP) is 5.32. The van der Waals surface area contributed by atoms with Crippen LogP contribution in [-0.2, 0) is 0 Å². The predicted molar refractivity (Wildman–Crippen MR) is 101 cm³/mol. The number of halogens is 1. The molecule has 0 fully saturated rings. The lowest BCUT2D eigenvalue weighted by Gasteiger charge is -2.30. The molecular formula is C19H15ClN2OS. The number of hydrogen-bond acceptors (Lipinski definition) is 4. The minimum absolute atomic E-state index is 0.723. The molecule has 4 rings (SSSR count). The second kappa shape index (κ2) is 6.75. The highest BCUT2D eigenvalue weighted by Crippen LogP contribution is 2.32. The van der Waals surface area contributed by atoms with Gasteiger partial charge in [0, 0.05) is 24.1 Å². The van der Waals surface area contributed by atoms with Crippen molar-refractivity contribution in [1.82, 2.24) is 4.90 Å². The number of para-hydroxylation sites is 1. The highest BCUT2D eigenvalue weighted by molar-refractivity contribution is 7.98. The van der Waals surface area contributed by atoms with E-state index < -0.39 is 0 Å². The van der Waals surface area contributed by atoms with Crippen molar-refractivity contribution in [3.05, 3.63) is 77.5 Å². The average Bonchev–Trinajstić information content (AvgIpc) is 2.62. The van der Waals surface area contributed by atoms with Crippen LogP contribution in [0.25, 0.3) is 5.57 Å². The topological polar surface area (TPSA) is 24.8 Å². The van der Waals surface area contributed by atoms with Crippen LogP contribution in [0.15, 0.2) is 76.3 Å². The fourth-order valence-corrected chi connectivity index (χ4v) is 3.58. The van der Waals surface area contributed by atoms with Crippen molar-refractivity contribution < 1.29 is 4.74 Å². The summed E-state index contributed by atoms with van der Waals surface area (Å²) >= 11 is 7.87. The van der Waals surface area contributed by atoms with Crippen LogP contribution in [-0.4, -0.2) is 23.0 Å². The molecule has 0 N–H and O–H groups in total. The smallest absolute Gasteiger partial charge is 0.148 e. The zero-order chi connectivity index (χ0) is 16.4. The highest BCUT2D eigenvalue weighted by atomic mass is 35.5. The van der Waals surface area contributed by atoms with Gasteiger partial charge >= 0.3 is 0 Å². The van der Waals surface area contributed by atoms with E-state index in [2.05, 4.69) is 9.30 Å². The lowest BCUT2D eigenvalue weighted by molar-refractivity contribution is 0.482. The fourth-order valence-electron chi connectivity index (χ4n) is 2.66. The minimum atomic E-state index is 0.723. The second-order valence-electron chi connectivity index (χ2n) is 5.45. The molecule has 0 amide bonds. The molecule has 3 nitrogen and oxygen atoms in total. The Labute approximate surface area is 150 Å². The number of ether oxygens (including phenoxy) is 1. The number of allylic oxidation sites excluding steroid dienone is 2. The van der Waals surface area contributed by atoms with Crippen molar-refractivity contribution in [2.45, 2.75) is 0 Å². The maximum atomic E-state index is 6.28. The van der Waals surface area contributed by atoms with Gasteiger partial charge in [-0.25, -0.2) is 0 Å². The largest absolute Gasteiger partial charge is 0.457 e. The van der Waals surface area contributed by atoms with E-state index in [1.165, 1.54) is 0 Å². The van der Waals surface area contributed by atoms with Gasteiger partial charge in [0.25, 0.3) is 0 Å². The lowest BCUT2D eigenvalue weighted by Crippen LogP contribution is -2.33. The molecule has 0 unspecified atom stereocenters. The molecule has 0 atom stereocenters. The average molecular weight is 355 g/mol. The van der Waals surface area contributed by atoms with E-state index in [0.29, 0.717) is 0 Å². The third kappa shape index (κ3) is 3.21. The van der Waals surface area contributed by atoms with Crippen LogP contribution < -0.4 is 4.74 Å². The van der Waals surface area contributed by atoms with Gasteiger partial charge in [0.05, 0.1) is 5.03 Å². The van der Waals surface area contributed by atoms with Crippen molar-refractivity contribution in [1.29, 1.82) is 0 Å². The van der Waals surface area contributed by atoms with Crippen LogP contribution in [0.5, 0.6) is 11.5 Å². The minimum Gasteiger partial charge on any atom is -0.457 e. The summed E-state index contributed by atoms with van der Waals surface area (Å²) in [6, 6.07) is 17.8. The summed E-state index contributed by atoms with van der Waals surface area (Å²) < 4.78 is 10.4. The van der Waals surface area contributed by atoms with Crippen LogP contribution in [0.3, 0.4) is 0 Å². The number of fused-ring (bicyclic) bond motifs is 1. The molecule has 2 aromatic carbocycles. The first kappa shape index (κ1) is 15.4. The second-order valence-corrected chi connectivity index (χ2v) is 6.74.